The Balaban J connectivity index is 1.81. The average Bonchev–Trinajstić information content (AvgIpc) is 2.50. The van der Waals surface area contributed by atoms with Gasteiger partial charge in [0.15, 0.2) is 0 Å². The molecule has 2 aromatic rings. The molecule has 1 N–H and O–H groups in total. The third-order valence-corrected chi connectivity index (χ3v) is 5.31. The Labute approximate surface area is 137 Å². The molecule has 0 fully saturated rings. The van der Waals surface area contributed by atoms with Crippen LogP contribution in [0.4, 0.5) is 0 Å². The Morgan fingerprint density at radius 3 is 2.76 bits per heavy atom. The number of rotatable bonds is 2. The minimum atomic E-state index is -0.125. The first-order chi connectivity index (χ1) is 10.1. The van der Waals surface area contributed by atoms with E-state index in [1.165, 1.54) is 10.5 Å². The van der Waals surface area contributed by atoms with Gasteiger partial charge in [-0.2, -0.15) is 0 Å². The molecule has 0 saturated carbocycles. The van der Waals surface area contributed by atoms with Gasteiger partial charge >= 0.3 is 0 Å². The first-order valence-electron chi connectivity index (χ1n) is 6.63. The summed E-state index contributed by atoms with van der Waals surface area (Å²) in [5, 5.41) is 3.93. The molecule has 2 nitrogen and oxygen atoms in total. The maximum Gasteiger partial charge on any atom is 0.251 e. The molecule has 0 saturated heterocycles. The Bertz CT molecular complexity index is 690. The molecule has 1 aliphatic rings. The normalized spacial score (nSPS) is 17.1. The van der Waals surface area contributed by atoms with Crippen molar-refractivity contribution in [1.82, 2.24) is 5.32 Å². The molecule has 0 bridgehead atoms. The highest BCUT2D eigenvalue weighted by Gasteiger charge is 2.22. The Hall–Kier alpha value is -1.16. The predicted molar refractivity (Wildman–Crippen MR) is 88.5 cm³/mol. The lowest BCUT2D eigenvalue weighted by molar-refractivity contribution is 0.0935. The summed E-state index contributed by atoms with van der Waals surface area (Å²) in [6.45, 7) is 0. The van der Waals surface area contributed by atoms with Crippen molar-refractivity contribution in [3.05, 3.63) is 63.6 Å². The topological polar surface area (TPSA) is 29.1 Å². The number of nitrogens with one attached hydrogen (secondary N) is 1. The first kappa shape index (κ1) is 14.8. The highest BCUT2D eigenvalue weighted by molar-refractivity contribution is 7.99. The van der Waals surface area contributed by atoms with Crippen LogP contribution in [0.5, 0.6) is 0 Å². The van der Waals surface area contributed by atoms with Gasteiger partial charge in [-0.05, 0) is 36.2 Å². The summed E-state index contributed by atoms with van der Waals surface area (Å²) in [7, 11) is 0. The van der Waals surface area contributed by atoms with Gasteiger partial charge in [0, 0.05) is 16.2 Å². The zero-order chi connectivity index (χ0) is 14.8. The fourth-order valence-electron chi connectivity index (χ4n) is 2.37. The van der Waals surface area contributed by atoms with Crippen molar-refractivity contribution in [1.29, 1.82) is 0 Å². The van der Waals surface area contributed by atoms with Gasteiger partial charge in [0.25, 0.3) is 5.91 Å². The molecule has 3 rings (SSSR count). The van der Waals surface area contributed by atoms with Crippen molar-refractivity contribution >= 4 is 40.9 Å². The van der Waals surface area contributed by atoms with E-state index in [0.29, 0.717) is 15.6 Å². The quantitative estimate of drug-likeness (QED) is 0.838. The number of hydrogen-bond acceptors (Lipinski definition) is 2. The molecule has 108 valence electrons. The maximum atomic E-state index is 12.4. The molecule has 0 aliphatic carbocycles. The van der Waals surface area contributed by atoms with E-state index in [2.05, 4.69) is 17.4 Å². The highest BCUT2D eigenvalue weighted by Crippen LogP contribution is 2.36. The minimum Gasteiger partial charge on any atom is -0.345 e. The van der Waals surface area contributed by atoms with Crippen molar-refractivity contribution in [3.63, 3.8) is 0 Å². The lowest BCUT2D eigenvalue weighted by Gasteiger charge is -2.25. The van der Waals surface area contributed by atoms with Crippen LogP contribution in [0.1, 0.15) is 28.4 Å². The van der Waals surface area contributed by atoms with E-state index in [-0.39, 0.29) is 11.9 Å². The van der Waals surface area contributed by atoms with Crippen molar-refractivity contribution in [3.8, 4) is 0 Å². The standard InChI is InChI=1S/C16H13Cl2NOS/c17-12-6-5-10(9-13(12)18)16(20)19-14-7-8-21-15-4-2-1-3-11(14)15/h1-6,9,14H,7-8H2,(H,19,20)/t14-/m1/s1. The second-order valence-corrected chi connectivity index (χ2v) is 6.78. The van der Waals surface area contributed by atoms with Gasteiger partial charge in [-0.1, -0.05) is 41.4 Å². The molecule has 2 aromatic carbocycles. The molecule has 0 unspecified atom stereocenters. The van der Waals surface area contributed by atoms with E-state index in [1.54, 1.807) is 18.2 Å². The lowest BCUT2D eigenvalue weighted by atomic mass is 10.0. The molecule has 1 aliphatic heterocycles. The van der Waals surface area contributed by atoms with Gasteiger partial charge in [0.2, 0.25) is 0 Å². The molecular weight excluding hydrogens is 325 g/mol. The molecule has 0 spiro atoms. The fraction of sp³-hybridized carbons (Fsp3) is 0.188. The van der Waals surface area contributed by atoms with Crippen LogP contribution in [0.2, 0.25) is 10.0 Å². The number of carbonyl (C=O) groups excluding carboxylic acids is 1. The largest absolute Gasteiger partial charge is 0.345 e. The molecule has 1 atom stereocenters. The van der Waals surface area contributed by atoms with Gasteiger partial charge in [-0.25, -0.2) is 0 Å². The number of thioether (sulfide) groups is 1. The van der Waals surface area contributed by atoms with Crippen LogP contribution in [-0.2, 0) is 0 Å². The number of benzene rings is 2. The van der Waals surface area contributed by atoms with Crippen molar-refractivity contribution < 1.29 is 4.79 Å². The first-order valence-corrected chi connectivity index (χ1v) is 8.37. The summed E-state index contributed by atoms with van der Waals surface area (Å²) in [6, 6.07) is 13.2. The molecule has 1 heterocycles. The van der Waals surface area contributed by atoms with E-state index < -0.39 is 0 Å². The van der Waals surface area contributed by atoms with E-state index in [9.17, 15) is 4.79 Å². The van der Waals surface area contributed by atoms with Crippen LogP contribution < -0.4 is 5.32 Å². The summed E-state index contributed by atoms with van der Waals surface area (Å²) in [6.07, 6.45) is 0.925. The van der Waals surface area contributed by atoms with E-state index in [4.69, 9.17) is 23.2 Å². The van der Waals surface area contributed by atoms with E-state index in [0.717, 1.165) is 12.2 Å². The third kappa shape index (κ3) is 3.20. The van der Waals surface area contributed by atoms with Crippen LogP contribution in [0.3, 0.4) is 0 Å². The van der Waals surface area contributed by atoms with Crippen LogP contribution >= 0.6 is 35.0 Å². The van der Waals surface area contributed by atoms with E-state index >= 15 is 0 Å². The Morgan fingerprint density at radius 2 is 1.95 bits per heavy atom. The summed E-state index contributed by atoms with van der Waals surface area (Å²) in [5.74, 6) is 0.879. The second-order valence-electron chi connectivity index (χ2n) is 4.83. The van der Waals surface area contributed by atoms with E-state index in [1.807, 2.05) is 23.9 Å². The molecule has 21 heavy (non-hydrogen) atoms. The smallest absolute Gasteiger partial charge is 0.251 e. The summed E-state index contributed by atoms with van der Waals surface area (Å²) >= 11 is 13.7. The van der Waals surface area contributed by atoms with Gasteiger partial charge in [-0.3, -0.25) is 4.79 Å². The van der Waals surface area contributed by atoms with Crippen LogP contribution in [0, 0.1) is 0 Å². The van der Waals surface area contributed by atoms with Gasteiger partial charge in [-0.15, -0.1) is 11.8 Å². The molecule has 0 radical (unpaired) electrons. The molecule has 1 amide bonds. The average molecular weight is 338 g/mol. The second kappa shape index (κ2) is 6.30. The summed E-state index contributed by atoms with van der Waals surface area (Å²) in [4.78, 5) is 13.6. The van der Waals surface area contributed by atoms with Crippen LogP contribution in [0.25, 0.3) is 0 Å². The van der Waals surface area contributed by atoms with Gasteiger partial charge in [0.1, 0.15) is 0 Å². The number of carbonyl (C=O) groups is 1. The number of fused-ring (bicyclic) bond motifs is 1. The fourth-order valence-corrected chi connectivity index (χ4v) is 3.79. The van der Waals surface area contributed by atoms with Crippen LogP contribution in [0.15, 0.2) is 47.4 Å². The summed E-state index contributed by atoms with van der Waals surface area (Å²) < 4.78 is 0. The third-order valence-electron chi connectivity index (χ3n) is 3.45. The lowest BCUT2D eigenvalue weighted by Crippen LogP contribution is -2.30. The Morgan fingerprint density at radius 1 is 1.14 bits per heavy atom. The van der Waals surface area contributed by atoms with Gasteiger partial charge < -0.3 is 5.32 Å². The monoisotopic (exact) mass is 337 g/mol. The molecular formula is C16H13Cl2NOS. The number of halogens is 2. The molecule has 5 heteroatoms. The predicted octanol–water partition coefficient (Wildman–Crippen LogP) is 4.96. The van der Waals surface area contributed by atoms with Crippen LogP contribution in [-0.4, -0.2) is 11.7 Å². The maximum absolute atomic E-state index is 12.4. The van der Waals surface area contributed by atoms with Gasteiger partial charge in [0.05, 0.1) is 16.1 Å². The SMILES string of the molecule is O=C(N[C@@H]1CCSc2ccccc21)c1ccc(Cl)c(Cl)c1. The van der Waals surface area contributed by atoms with Crippen molar-refractivity contribution in [2.75, 3.05) is 5.75 Å². The number of hydrogen-bond donors (Lipinski definition) is 1. The summed E-state index contributed by atoms with van der Waals surface area (Å²) in [5.41, 5.74) is 1.71. The minimum absolute atomic E-state index is 0.0457. The zero-order valence-corrected chi connectivity index (χ0v) is 13.4. The van der Waals surface area contributed by atoms with Crippen molar-refractivity contribution in [2.45, 2.75) is 17.4 Å². The number of amides is 1. The highest BCUT2D eigenvalue weighted by atomic mass is 35.5. The van der Waals surface area contributed by atoms with Crippen molar-refractivity contribution in [2.24, 2.45) is 0 Å². The Kier molecular flexibility index (Phi) is 4.43. The zero-order valence-electron chi connectivity index (χ0n) is 11.1. The molecule has 0 aromatic heterocycles.